The third-order valence-corrected chi connectivity index (χ3v) is 13.0. The minimum absolute atomic E-state index is 0.0930. The number of terminal acetylenes is 1. The van der Waals surface area contributed by atoms with E-state index in [-0.39, 0.29) is 23.8 Å². The van der Waals surface area contributed by atoms with E-state index in [0.717, 1.165) is 18.4 Å². The Labute approximate surface area is 205 Å². The van der Waals surface area contributed by atoms with Crippen molar-refractivity contribution in [3.05, 3.63) is 71.4 Å². The molecule has 1 atom stereocenters. The van der Waals surface area contributed by atoms with E-state index in [9.17, 15) is 4.79 Å². The molecule has 2 aromatic carbocycles. The Balaban J connectivity index is 1.80. The summed E-state index contributed by atoms with van der Waals surface area (Å²) in [6.45, 7) is 12.8. The predicted octanol–water partition coefficient (Wildman–Crippen LogP) is 7.14. The Hall–Kier alpha value is -2.97. The zero-order chi connectivity index (χ0) is 24.5. The van der Waals surface area contributed by atoms with Crippen molar-refractivity contribution in [1.29, 1.82) is 0 Å². The number of carbonyl (C=O) groups excluding carboxylic acids is 1. The fraction of sp³-hybridized carbons (Fsp3) is 0.414. The Morgan fingerprint density at radius 2 is 1.79 bits per heavy atom. The second-order valence-corrected chi connectivity index (χ2v) is 15.8. The van der Waals surface area contributed by atoms with Gasteiger partial charge in [-0.05, 0) is 35.1 Å². The van der Waals surface area contributed by atoms with Crippen LogP contribution in [0, 0.1) is 12.3 Å². The smallest absolute Gasteiger partial charge is 0.410 e. The summed E-state index contributed by atoms with van der Waals surface area (Å²) in [5.41, 5.74) is 4.91. The van der Waals surface area contributed by atoms with Gasteiger partial charge in [0.1, 0.15) is 6.61 Å². The topological polar surface area (TPSA) is 34.5 Å². The quantitative estimate of drug-likeness (QED) is 0.292. The fourth-order valence-electron chi connectivity index (χ4n) is 4.95. The molecule has 2 heterocycles. The van der Waals surface area contributed by atoms with Gasteiger partial charge in [0.15, 0.2) is 8.24 Å². The average Bonchev–Trinajstić information content (AvgIpc) is 3.16. The number of carbonyl (C=O) groups is 1. The number of para-hydroxylation sites is 1. The van der Waals surface area contributed by atoms with Crippen LogP contribution in [0.2, 0.25) is 18.1 Å². The minimum atomic E-state index is -2.00. The van der Waals surface area contributed by atoms with Crippen LogP contribution in [-0.4, -0.2) is 30.0 Å². The van der Waals surface area contributed by atoms with Gasteiger partial charge in [0.05, 0.1) is 6.04 Å². The lowest BCUT2D eigenvalue weighted by Gasteiger charge is -2.43. The highest BCUT2D eigenvalue weighted by Crippen LogP contribution is 2.46. The van der Waals surface area contributed by atoms with Crippen molar-refractivity contribution in [2.45, 2.75) is 70.8 Å². The molecule has 1 unspecified atom stereocenters. The van der Waals surface area contributed by atoms with E-state index < -0.39 is 8.24 Å². The zero-order valence-corrected chi connectivity index (χ0v) is 22.1. The van der Waals surface area contributed by atoms with Crippen LogP contribution in [0.4, 0.5) is 4.79 Å². The van der Waals surface area contributed by atoms with Gasteiger partial charge < -0.3 is 8.97 Å². The van der Waals surface area contributed by atoms with Gasteiger partial charge in [0.2, 0.25) is 0 Å². The molecule has 0 bridgehead atoms. The Bertz CT molecular complexity index is 1210. The maximum Gasteiger partial charge on any atom is 0.410 e. The van der Waals surface area contributed by atoms with E-state index in [1.807, 2.05) is 35.2 Å². The molecule has 0 spiro atoms. The van der Waals surface area contributed by atoms with Crippen LogP contribution in [0.1, 0.15) is 56.5 Å². The molecule has 4 rings (SSSR count). The average molecular weight is 473 g/mol. The maximum absolute atomic E-state index is 13.4. The van der Waals surface area contributed by atoms with Crippen LogP contribution in [0.3, 0.4) is 0 Å². The molecule has 178 valence electrons. The van der Waals surface area contributed by atoms with E-state index in [2.05, 4.69) is 68.3 Å². The summed E-state index contributed by atoms with van der Waals surface area (Å²) in [7, 11) is -2.00. The molecule has 0 saturated carbocycles. The van der Waals surface area contributed by atoms with E-state index >= 15 is 0 Å². The number of amides is 1. The number of ether oxygens (including phenoxy) is 1. The maximum atomic E-state index is 13.4. The van der Waals surface area contributed by atoms with Crippen molar-refractivity contribution in [1.82, 2.24) is 9.13 Å². The standard InChI is InChI=1S/C29H36N2O2Si/c1-7-8-17-26-27-24(19-20-30(26)28(32)33-21-22-14-10-9-11-15-22)23-16-12-13-18-25(23)31(27)34(5,6)29(2,3)4/h1,9-16,18,26H,8,17,19-21H2,2-6H3. The largest absolute Gasteiger partial charge is 0.445 e. The summed E-state index contributed by atoms with van der Waals surface area (Å²) >= 11 is 0. The van der Waals surface area contributed by atoms with Crippen molar-refractivity contribution in [3.8, 4) is 12.3 Å². The molecule has 4 nitrogen and oxygen atoms in total. The Morgan fingerprint density at radius 3 is 2.47 bits per heavy atom. The highest BCUT2D eigenvalue weighted by Gasteiger charge is 2.44. The second kappa shape index (κ2) is 9.35. The van der Waals surface area contributed by atoms with Crippen LogP contribution < -0.4 is 0 Å². The van der Waals surface area contributed by atoms with Gasteiger partial charge in [-0.25, -0.2) is 4.79 Å². The first kappa shape index (κ1) is 24.2. The van der Waals surface area contributed by atoms with Gasteiger partial charge in [-0.3, -0.25) is 4.90 Å². The summed E-state index contributed by atoms with van der Waals surface area (Å²) in [6.07, 6.45) is 7.62. The number of aromatic nitrogens is 1. The van der Waals surface area contributed by atoms with Crippen LogP contribution in [0.15, 0.2) is 54.6 Å². The van der Waals surface area contributed by atoms with Gasteiger partial charge in [-0.2, -0.15) is 0 Å². The van der Waals surface area contributed by atoms with Crippen molar-refractivity contribution in [2.75, 3.05) is 6.54 Å². The molecular weight excluding hydrogens is 436 g/mol. The van der Waals surface area contributed by atoms with Crippen molar-refractivity contribution < 1.29 is 9.53 Å². The molecule has 5 heteroatoms. The van der Waals surface area contributed by atoms with Gasteiger partial charge in [0, 0.05) is 29.6 Å². The zero-order valence-electron chi connectivity index (χ0n) is 21.1. The Morgan fingerprint density at radius 1 is 1.12 bits per heavy atom. The van der Waals surface area contributed by atoms with E-state index in [1.165, 1.54) is 22.2 Å². The molecule has 0 N–H and O–H groups in total. The fourth-order valence-corrected chi connectivity index (χ4v) is 7.30. The molecule has 0 fully saturated rings. The van der Waals surface area contributed by atoms with Crippen molar-refractivity contribution in [3.63, 3.8) is 0 Å². The normalized spacial score (nSPS) is 16.2. The molecule has 3 aromatic rings. The summed E-state index contributed by atoms with van der Waals surface area (Å²) in [5.74, 6) is 2.81. The van der Waals surface area contributed by atoms with Gasteiger partial charge >= 0.3 is 6.09 Å². The summed E-state index contributed by atoms with van der Waals surface area (Å²) in [4.78, 5) is 15.3. The summed E-state index contributed by atoms with van der Waals surface area (Å²) < 4.78 is 8.42. The van der Waals surface area contributed by atoms with Gasteiger partial charge in [-0.1, -0.05) is 82.4 Å². The monoisotopic (exact) mass is 472 g/mol. The summed E-state index contributed by atoms with van der Waals surface area (Å²) in [6, 6.07) is 18.5. The first-order valence-corrected chi connectivity index (χ1v) is 15.1. The van der Waals surface area contributed by atoms with Crippen LogP contribution in [0.5, 0.6) is 0 Å². The molecule has 0 aliphatic carbocycles. The lowest BCUT2D eigenvalue weighted by molar-refractivity contribution is 0.0743. The van der Waals surface area contributed by atoms with Crippen molar-refractivity contribution >= 4 is 25.2 Å². The highest BCUT2D eigenvalue weighted by molar-refractivity contribution is 6.79. The second-order valence-electron chi connectivity index (χ2n) is 10.8. The molecule has 0 radical (unpaired) electrons. The van der Waals surface area contributed by atoms with Crippen LogP contribution in [-0.2, 0) is 17.8 Å². The number of hydrogen-bond acceptors (Lipinski definition) is 2. The minimum Gasteiger partial charge on any atom is -0.445 e. The molecular formula is C29H36N2O2Si. The third-order valence-electron chi connectivity index (χ3n) is 7.71. The van der Waals surface area contributed by atoms with E-state index in [4.69, 9.17) is 11.2 Å². The third kappa shape index (κ3) is 4.28. The predicted molar refractivity (Wildman–Crippen MR) is 142 cm³/mol. The molecule has 34 heavy (non-hydrogen) atoms. The first-order valence-electron chi connectivity index (χ1n) is 12.2. The number of nitrogens with zero attached hydrogens (tertiary/aromatic N) is 2. The number of fused-ring (bicyclic) bond motifs is 3. The Kier molecular flexibility index (Phi) is 6.64. The number of hydrogen-bond donors (Lipinski definition) is 0. The van der Waals surface area contributed by atoms with E-state index in [1.54, 1.807) is 0 Å². The number of rotatable bonds is 5. The molecule has 0 saturated heterocycles. The summed E-state index contributed by atoms with van der Waals surface area (Å²) in [5, 5.41) is 1.44. The molecule has 1 amide bonds. The lowest BCUT2D eigenvalue weighted by Crippen LogP contribution is -2.49. The van der Waals surface area contributed by atoms with Crippen molar-refractivity contribution in [2.24, 2.45) is 0 Å². The SMILES string of the molecule is C#CCCC1c2c(c3ccccc3n2[Si](C)(C)C(C)(C)C)CCN1C(=O)OCc1ccccc1. The first-order chi connectivity index (χ1) is 16.2. The van der Waals surface area contributed by atoms with Crippen LogP contribution >= 0.6 is 0 Å². The molecule has 1 aliphatic rings. The number of benzene rings is 2. The van der Waals surface area contributed by atoms with E-state index in [0.29, 0.717) is 13.0 Å². The van der Waals surface area contributed by atoms with Crippen LogP contribution in [0.25, 0.3) is 10.9 Å². The molecule has 1 aliphatic heterocycles. The van der Waals surface area contributed by atoms with Gasteiger partial charge in [0.25, 0.3) is 0 Å². The van der Waals surface area contributed by atoms with Gasteiger partial charge in [-0.15, -0.1) is 12.3 Å². The molecule has 1 aromatic heterocycles. The highest BCUT2D eigenvalue weighted by atomic mass is 28.3. The lowest BCUT2D eigenvalue weighted by atomic mass is 9.95.